The first kappa shape index (κ1) is 20.1. The molecular formula is C22H24BrN3O2. The van der Waals surface area contributed by atoms with Gasteiger partial charge in [0.1, 0.15) is 11.6 Å². The van der Waals surface area contributed by atoms with Gasteiger partial charge in [-0.05, 0) is 48.7 Å². The first-order chi connectivity index (χ1) is 13.3. The Balaban J connectivity index is 1.87. The summed E-state index contributed by atoms with van der Waals surface area (Å²) in [6, 6.07) is 15.2. The predicted molar refractivity (Wildman–Crippen MR) is 116 cm³/mol. The first-order valence-electron chi connectivity index (χ1n) is 9.19. The number of carbonyl (C=O) groups is 1. The lowest BCUT2D eigenvalue weighted by atomic mass is 10.1. The molecule has 0 saturated heterocycles. The fraction of sp³-hybridized carbons (Fsp3) is 0.273. The summed E-state index contributed by atoms with van der Waals surface area (Å²) in [4.78, 5) is 12.9. The lowest BCUT2D eigenvalue weighted by Crippen LogP contribution is -2.15. The number of amides is 1. The average Bonchev–Trinajstić information content (AvgIpc) is 2.94. The van der Waals surface area contributed by atoms with Crippen LogP contribution in [-0.4, -0.2) is 22.3 Å². The Hall–Kier alpha value is -2.60. The number of nitrogens with zero attached hydrogens (tertiary/aromatic N) is 2. The van der Waals surface area contributed by atoms with E-state index in [1.165, 1.54) is 0 Å². The molecule has 0 spiro atoms. The van der Waals surface area contributed by atoms with Gasteiger partial charge in [-0.1, -0.05) is 48.0 Å². The van der Waals surface area contributed by atoms with Gasteiger partial charge < -0.3 is 10.1 Å². The quantitative estimate of drug-likeness (QED) is 0.553. The highest BCUT2D eigenvalue weighted by atomic mass is 79.9. The van der Waals surface area contributed by atoms with Crippen LogP contribution in [0.15, 0.2) is 53.0 Å². The van der Waals surface area contributed by atoms with E-state index in [2.05, 4.69) is 40.2 Å². The topological polar surface area (TPSA) is 56.2 Å². The van der Waals surface area contributed by atoms with Crippen molar-refractivity contribution in [1.29, 1.82) is 0 Å². The van der Waals surface area contributed by atoms with Gasteiger partial charge in [0.15, 0.2) is 0 Å². The zero-order valence-electron chi connectivity index (χ0n) is 16.5. The summed E-state index contributed by atoms with van der Waals surface area (Å²) >= 11 is 3.46. The molecule has 5 nitrogen and oxygen atoms in total. The van der Waals surface area contributed by atoms with Crippen molar-refractivity contribution in [2.45, 2.75) is 20.8 Å². The van der Waals surface area contributed by atoms with Gasteiger partial charge in [-0.2, -0.15) is 5.10 Å². The van der Waals surface area contributed by atoms with Gasteiger partial charge >= 0.3 is 0 Å². The van der Waals surface area contributed by atoms with Crippen LogP contribution >= 0.6 is 15.9 Å². The summed E-state index contributed by atoms with van der Waals surface area (Å²) in [5.41, 5.74) is 3.31. The van der Waals surface area contributed by atoms with E-state index in [0.717, 1.165) is 21.3 Å². The number of nitrogens with one attached hydrogen (secondary N) is 1. The number of aryl methyl sites for hydroxylation is 2. The largest absolute Gasteiger partial charge is 0.493 e. The second-order valence-corrected chi connectivity index (χ2v) is 8.04. The van der Waals surface area contributed by atoms with Gasteiger partial charge in [0.05, 0.1) is 12.3 Å². The number of anilines is 1. The summed E-state index contributed by atoms with van der Waals surface area (Å²) in [5, 5.41) is 7.50. The molecule has 0 fully saturated rings. The summed E-state index contributed by atoms with van der Waals surface area (Å²) in [7, 11) is 1.83. The molecule has 0 radical (unpaired) electrons. The molecule has 0 aliphatic rings. The number of aromatic nitrogens is 2. The number of carbonyl (C=O) groups excluding carboxylic acids is 1. The summed E-state index contributed by atoms with van der Waals surface area (Å²) in [5.74, 6) is 1.58. The van der Waals surface area contributed by atoms with Crippen LogP contribution in [0.25, 0.3) is 11.1 Å². The Morgan fingerprint density at radius 1 is 1.21 bits per heavy atom. The molecule has 0 saturated carbocycles. The maximum absolute atomic E-state index is 12.9. The molecule has 1 N–H and O–H groups in total. The first-order valence-corrected chi connectivity index (χ1v) is 9.98. The summed E-state index contributed by atoms with van der Waals surface area (Å²) in [6.45, 7) is 6.73. The highest BCUT2D eigenvalue weighted by molar-refractivity contribution is 9.10. The normalized spacial score (nSPS) is 10.9. The second kappa shape index (κ2) is 8.61. The molecule has 1 aromatic heterocycles. The van der Waals surface area contributed by atoms with Crippen LogP contribution in [0.1, 0.15) is 29.9 Å². The van der Waals surface area contributed by atoms with E-state index in [1.54, 1.807) is 16.8 Å². The van der Waals surface area contributed by atoms with Crippen LogP contribution in [0.4, 0.5) is 5.82 Å². The van der Waals surface area contributed by atoms with Crippen molar-refractivity contribution >= 4 is 27.7 Å². The SMILES string of the molecule is Cc1nn(C)c(NC(=O)c2cccc(OCC(C)C)c2)c1-c1ccc(Br)cc1. The molecule has 0 aliphatic heterocycles. The number of benzene rings is 2. The number of rotatable bonds is 6. The molecule has 1 heterocycles. The third-order valence-corrected chi connectivity index (χ3v) is 4.80. The van der Waals surface area contributed by atoms with E-state index in [-0.39, 0.29) is 5.91 Å². The third-order valence-electron chi connectivity index (χ3n) is 4.27. The Morgan fingerprint density at radius 3 is 2.61 bits per heavy atom. The molecule has 28 heavy (non-hydrogen) atoms. The standard InChI is InChI=1S/C22H24BrN3O2/c1-14(2)13-28-19-7-5-6-17(12-19)22(27)24-21-20(15(3)25-26(21)4)16-8-10-18(23)11-9-16/h5-12,14H,13H2,1-4H3,(H,24,27). The van der Waals surface area contributed by atoms with Crippen LogP contribution < -0.4 is 10.1 Å². The van der Waals surface area contributed by atoms with Crippen molar-refractivity contribution in [2.75, 3.05) is 11.9 Å². The van der Waals surface area contributed by atoms with Crippen molar-refractivity contribution in [3.63, 3.8) is 0 Å². The number of ether oxygens (including phenoxy) is 1. The van der Waals surface area contributed by atoms with Crippen LogP contribution in [0.2, 0.25) is 0 Å². The minimum absolute atomic E-state index is 0.198. The Labute approximate surface area is 173 Å². The summed E-state index contributed by atoms with van der Waals surface area (Å²) in [6.07, 6.45) is 0. The molecule has 3 aromatic rings. The monoisotopic (exact) mass is 441 g/mol. The second-order valence-electron chi connectivity index (χ2n) is 7.13. The van der Waals surface area contributed by atoms with Crippen LogP contribution in [0.3, 0.4) is 0 Å². The lowest BCUT2D eigenvalue weighted by Gasteiger charge is -2.12. The van der Waals surface area contributed by atoms with E-state index in [1.807, 2.05) is 50.4 Å². The van der Waals surface area contributed by atoms with Gasteiger partial charge in [0, 0.05) is 22.6 Å². The lowest BCUT2D eigenvalue weighted by molar-refractivity contribution is 0.102. The molecule has 1 amide bonds. The Morgan fingerprint density at radius 2 is 1.93 bits per heavy atom. The van der Waals surface area contributed by atoms with Crippen LogP contribution in [0.5, 0.6) is 5.75 Å². The van der Waals surface area contributed by atoms with Gasteiger partial charge in [-0.25, -0.2) is 0 Å². The van der Waals surface area contributed by atoms with E-state index in [9.17, 15) is 4.79 Å². The van der Waals surface area contributed by atoms with Crippen molar-refractivity contribution in [2.24, 2.45) is 13.0 Å². The van der Waals surface area contributed by atoms with E-state index < -0.39 is 0 Å². The number of hydrogen-bond donors (Lipinski definition) is 1. The minimum Gasteiger partial charge on any atom is -0.493 e. The fourth-order valence-electron chi connectivity index (χ4n) is 2.93. The Kier molecular flexibility index (Phi) is 6.19. The minimum atomic E-state index is -0.198. The maximum atomic E-state index is 12.9. The van der Waals surface area contributed by atoms with E-state index >= 15 is 0 Å². The highest BCUT2D eigenvalue weighted by Crippen LogP contribution is 2.32. The van der Waals surface area contributed by atoms with Crippen molar-refractivity contribution < 1.29 is 9.53 Å². The number of hydrogen-bond acceptors (Lipinski definition) is 3. The number of halogens is 1. The van der Waals surface area contributed by atoms with E-state index in [4.69, 9.17) is 4.74 Å². The Bertz CT molecular complexity index is 978. The zero-order valence-corrected chi connectivity index (χ0v) is 18.1. The smallest absolute Gasteiger partial charge is 0.256 e. The van der Waals surface area contributed by atoms with Gasteiger partial charge in [0.25, 0.3) is 5.91 Å². The molecule has 2 aromatic carbocycles. The molecule has 6 heteroatoms. The van der Waals surface area contributed by atoms with Crippen molar-refractivity contribution in [3.05, 3.63) is 64.3 Å². The maximum Gasteiger partial charge on any atom is 0.256 e. The molecular weight excluding hydrogens is 418 g/mol. The van der Waals surface area contributed by atoms with Crippen LogP contribution in [-0.2, 0) is 7.05 Å². The van der Waals surface area contributed by atoms with Crippen LogP contribution in [0, 0.1) is 12.8 Å². The molecule has 146 valence electrons. The summed E-state index contributed by atoms with van der Waals surface area (Å²) < 4.78 is 8.44. The van der Waals surface area contributed by atoms with E-state index in [0.29, 0.717) is 29.7 Å². The molecule has 0 unspecified atom stereocenters. The molecule has 0 aliphatic carbocycles. The fourth-order valence-corrected chi connectivity index (χ4v) is 3.20. The third kappa shape index (κ3) is 4.62. The van der Waals surface area contributed by atoms with Gasteiger partial charge in [-0.15, -0.1) is 0 Å². The molecule has 3 rings (SSSR count). The van der Waals surface area contributed by atoms with Gasteiger partial charge in [-0.3, -0.25) is 9.48 Å². The van der Waals surface area contributed by atoms with Crippen molar-refractivity contribution in [1.82, 2.24) is 9.78 Å². The zero-order chi connectivity index (χ0) is 20.3. The highest BCUT2D eigenvalue weighted by Gasteiger charge is 2.18. The van der Waals surface area contributed by atoms with Gasteiger partial charge in [0.2, 0.25) is 0 Å². The predicted octanol–water partition coefficient (Wildman–Crippen LogP) is 5.45. The van der Waals surface area contributed by atoms with Crippen molar-refractivity contribution in [3.8, 4) is 16.9 Å². The molecule has 0 bridgehead atoms. The average molecular weight is 442 g/mol. The molecule has 0 atom stereocenters.